The van der Waals surface area contributed by atoms with Crippen molar-refractivity contribution in [1.82, 2.24) is 0 Å². The van der Waals surface area contributed by atoms with Crippen LogP contribution in [-0.4, -0.2) is 0 Å². The molecule has 118 valence electrons. The van der Waals surface area contributed by atoms with Crippen molar-refractivity contribution >= 4 is 0 Å². The van der Waals surface area contributed by atoms with Crippen molar-refractivity contribution in [2.24, 2.45) is 0 Å². The molecule has 1 heterocycles. The van der Waals surface area contributed by atoms with Gasteiger partial charge in [0.05, 0.1) is 0 Å². The summed E-state index contributed by atoms with van der Waals surface area (Å²) in [5.74, 6) is 0. The highest BCUT2D eigenvalue weighted by Crippen LogP contribution is 2.40. The molecular weight excluding hydrogens is 415 g/mol. The number of hydrogen-bond acceptors (Lipinski definition) is 0. The summed E-state index contributed by atoms with van der Waals surface area (Å²) in [7, 11) is 0. The topological polar surface area (TPSA) is 0 Å². The maximum absolute atomic E-state index is 2.36. The van der Waals surface area contributed by atoms with Gasteiger partial charge < -0.3 is 0 Å². The van der Waals surface area contributed by atoms with E-state index in [0.717, 1.165) is 0 Å². The van der Waals surface area contributed by atoms with Crippen molar-refractivity contribution in [3.05, 3.63) is 104 Å². The van der Waals surface area contributed by atoms with E-state index in [4.69, 9.17) is 0 Å². The zero-order chi connectivity index (χ0) is 16.6. The van der Waals surface area contributed by atoms with Gasteiger partial charge >= 0.3 is 21.2 Å². The van der Waals surface area contributed by atoms with Crippen LogP contribution in [0.15, 0.2) is 97.1 Å². The summed E-state index contributed by atoms with van der Waals surface area (Å²) in [5.41, 5.74) is 8.18. The molecule has 0 amide bonds. The van der Waals surface area contributed by atoms with Crippen molar-refractivity contribution in [3.8, 4) is 33.4 Å². The molecule has 0 fully saturated rings. The first-order chi connectivity index (χ1) is 12.4. The predicted octanol–water partition coefficient (Wildman–Crippen LogP) is 3.13. The molecule has 1 aliphatic heterocycles. The molecule has 0 nitrogen and oxygen atoms in total. The summed E-state index contributed by atoms with van der Waals surface area (Å²) in [6, 6.07) is 35.2. The van der Waals surface area contributed by atoms with Crippen molar-refractivity contribution < 1.29 is 21.2 Å². The van der Waals surface area contributed by atoms with Crippen LogP contribution >= 0.6 is 0 Å². The van der Waals surface area contributed by atoms with Gasteiger partial charge in [-0.3, -0.25) is 0 Å². The second-order valence-corrected chi connectivity index (χ2v) is 9.02. The maximum Gasteiger partial charge on any atom is 0.359 e. The lowest BCUT2D eigenvalue weighted by molar-refractivity contribution is -0.589. The SMILES string of the molecule is c1ccc(-c2ccc3c(c2-c2ccccc2)-c2ccccc2[I+]3)cc1. The van der Waals surface area contributed by atoms with E-state index in [1.54, 1.807) is 7.14 Å². The zero-order valence-electron chi connectivity index (χ0n) is 13.6. The molecule has 0 aromatic heterocycles. The van der Waals surface area contributed by atoms with E-state index in [-0.39, 0.29) is 21.2 Å². The molecule has 4 aromatic rings. The fourth-order valence-corrected chi connectivity index (χ4v) is 6.48. The van der Waals surface area contributed by atoms with Crippen LogP contribution in [0.2, 0.25) is 0 Å². The van der Waals surface area contributed by atoms with Gasteiger partial charge in [-0.1, -0.05) is 72.8 Å². The molecule has 0 saturated carbocycles. The molecule has 25 heavy (non-hydrogen) atoms. The Labute approximate surface area is 158 Å². The highest BCUT2D eigenvalue weighted by molar-refractivity contribution is 5.94. The summed E-state index contributed by atoms with van der Waals surface area (Å²) in [4.78, 5) is 0. The number of hydrogen-bond donors (Lipinski definition) is 0. The third-order valence-electron chi connectivity index (χ3n) is 4.65. The number of benzene rings is 4. The fraction of sp³-hybridized carbons (Fsp3) is 0. The summed E-state index contributed by atoms with van der Waals surface area (Å²) in [5, 5.41) is 0. The second-order valence-electron chi connectivity index (χ2n) is 6.15. The molecule has 0 unspecified atom stereocenters. The van der Waals surface area contributed by atoms with E-state index in [1.807, 2.05) is 0 Å². The van der Waals surface area contributed by atoms with Crippen molar-refractivity contribution in [1.29, 1.82) is 0 Å². The molecule has 0 bridgehead atoms. The highest BCUT2D eigenvalue weighted by atomic mass is 127. The Morgan fingerprint density at radius 2 is 1.04 bits per heavy atom. The van der Waals surface area contributed by atoms with E-state index in [9.17, 15) is 0 Å². The smallest absolute Gasteiger partial charge is 0.0622 e. The Kier molecular flexibility index (Phi) is 3.67. The van der Waals surface area contributed by atoms with E-state index < -0.39 is 0 Å². The van der Waals surface area contributed by atoms with E-state index in [2.05, 4.69) is 97.1 Å². The van der Waals surface area contributed by atoms with Gasteiger partial charge in [0.1, 0.15) is 0 Å². The molecule has 0 saturated heterocycles. The first-order valence-electron chi connectivity index (χ1n) is 8.44. The number of fused-ring (bicyclic) bond motifs is 3. The Morgan fingerprint density at radius 1 is 0.400 bits per heavy atom. The molecule has 0 aliphatic carbocycles. The Morgan fingerprint density at radius 3 is 1.80 bits per heavy atom. The maximum atomic E-state index is 2.36. The second kappa shape index (κ2) is 6.16. The molecule has 1 aliphatic rings. The molecule has 4 aromatic carbocycles. The third-order valence-corrected chi connectivity index (χ3v) is 7.65. The Balaban J connectivity index is 1.87. The minimum absolute atomic E-state index is 0.0888. The zero-order valence-corrected chi connectivity index (χ0v) is 15.8. The molecular formula is C24H16I+. The van der Waals surface area contributed by atoms with Crippen LogP contribution < -0.4 is 21.2 Å². The van der Waals surface area contributed by atoms with Crippen LogP contribution in [0.5, 0.6) is 0 Å². The normalized spacial score (nSPS) is 11.8. The van der Waals surface area contributed by atoms with Crippen LogP contribution in [0.25, 0.3) is 33.4 Å². The van der Waals surface area contributed by atoms with E-state index in [0.29, 0.717) is 0 Å². The standard InChI is InChI=1S/C24H16I/c1-3-9-17(10-4-1)19-15-16-22-24(20-13-7-8-14-21(20)25-22)23(19)18-11-5-2-6-12-18/h1-16H/q+1. The van der Waals surface area contributed by atoms with Gasteiger partial charge in [-0.25, -0.2) is 0 Å². The molecule has 0 atom stereocenters. The van der Waals surface area contributed by atoms with Gasteiger partial charge in [-0.05, 0) is 41.0 Å². The van der Waals surface area contributed by atoms with Gasteiger partial charge in [0.25, 0.3) is 0 Å². The van der Waals surface area contributed by atoms with E-state index in [1.165, 1.54) is 33.4 Å². The Hall–Kier alpha value is -2.39. The summed E-state index contributed by atoms with van der Waals surface area (Å²) < 4.78 is 3.08. The minimum atomic E-state index is -0.0888. The van der Waals surface area contributed by atoms with Crippen molar-refractivity contribution in [2.75, 3.05) is 0 Å². The van der Waals surface area contributed by atoms with Crippen LogP contribution in [0, 0.1) is 7.14 Å². The summed E-state index contributed by atoms with van der Waals surface area (Å²) >= 11 is -0.0888. The molecule has 0 radical (unpaired) electrons. The average Bonchev–Trinajstić information content (AvgIpc) is 3.07. The molecule has 0 spiro atoms. The largest absolute Gasteiger partial charge is 0.359 e. The van der Waals surface area contributed by atoms with Gasteiger partial charge in [-0.2, -0.15) is 0 Å². The third kappa shape index (κ3) is 2.50. The monoisotopic (exact) mass is 431 g/mol. The first kappa shape index (κ1) is 14.9. The number of halogens is 1. The van der Waals surface area contributed by atoms with Crippen LogP contribution in [0.1, 0.15) is 0 Å². The van der Waals surface area contributed by atoms with Gasteiger partial charge in [0.2, 0.25) is 7.14 Å². The molecule has 5 rings (SSSR count). The van der Waals surface area contributed by atoms with Crippen LogP contribution in [0.4, 0.5) is 0 Å². The van der Waals surface area contributed by atoms with Gasteiger partial charge in [-0.15, -0.1) is 0 Å². The number of rotatable bonds is 2. The van der Waals surface area contributed by atoms with Gasteiger partial charge in [0, 0.05) is 16.7 Å². The highest BCUT2D eigenvalue weighted by Gasteiger charge is 2.36. The van der Waals surface area contributed by atoms with Crippen molar-refractivity contribution in [2.45, 2.75) is 0 Å². The molecule has 1 heteroatoms. The first-order valence-corrected chi connectivity index (χ1v) is 10.6. The predicted molar refractivity (Wildman–Crippen MR) is 100 cm³/mol. The minimum Gasteiger partial charge on any atom is -0.0622 e. The lowest BCUT2D eigenvalue weighted by Gasteiger charge is -2.14. The van der Waals surface area contributed by atoms with Gasteiger partial charge in [0.15, 0.2) is 0 Å². The lowest BCUT2D eigenvalue weighted by Crippen LogP contribution is -3.61. The lowest BCUT2D eigenvalue weighted by atomic mass is 9.88. The Bertz CT molecular complexity index is 1050. The fourth-order valence-electron chi connectivity index (χ4n) is 3.54. The summed E-state index contributed by atoms with van der Waals surface area (Å²) in [6.07, 6.45) is 0. The quantitative estimate of drug-likeness (QED) is 0.377. The average molecular weight is 431 g/mol. The molecule has 0 N–H and O–H groups in total. The van der Waals surface area contributed by atoms with Crippen LogP contribution in [-0.2, 0) is 0 Å². The van der Waals surface area contributed by atoms with Crippen LogP contribution in [0.3, 0.4) is 0 Å². The summed E-state index contributed by atoms with van der Waals surface area (Å²) in [6.45, 7) is 0. The van der Waals surface area contributed by atoms with Crippen molar-refractivity contribution in [3.63, 3.8) is 0 Å². The van der Waals surface area contributed by atoms with E-state index >= 15 is 0 Å².